The summed E-state index contributed by atoms with van der Waals surface area (Å²) >= 11 is 24.3. The Kier molecular flexibility index (Phi) is 9.17. The molecule has 2 aromatic carbocycles. The summed E-state index contributed by atoms with van der Waals surface area (Å²) in [5.41, 5.74) is 1.61. The summed E-state index contributed by atoms with van der Waals surface area (Å²) in [6, 6.07) is 11.3. The zero-order valence-corrected chi connectivity index (χ0v) is 23.4. The van der Waals surface area contributed by atoms with Crippen molar-refractivity contribution in [2.45, 2.75) is 39.5 Å². The molecule has 0 bridgehead atoms. The van der Waals surface area contributed by atoms with Crippen LogP contribution in [0.25, 0.3) is 5.69 Å². The highest BCUT2D eigenvalue weighted by Gasteiger charge is 2.23. The molecule has 3 amide bonds. The zero-order valence-electron chi connectivity index (χ0n) is 20.3. The Morgan fingerprint density at radius 1 is 0.917 bits per heavy atom. The van der Waals surface area contributed by atoms with E-state index in [9.17, 15) is 9.59 Å². The maximum Gasteiger partial charge on any atom is 0.322 e. The van der Waals surface area contributed by atoms with Crippen molar-refractivity contribution in [2.75, 3.05) is 23.7 Å². The molecule has 2 N–H and O–H groups in total. The minimum atomic E-state index is -0.432. The number of rotatable bonds is 7. The lowest BCUT2D eigenvalue weighted by Crippen LogP contribution is -2.41. The van der Waals surface area contributed by atoms with Crippen LogP contribution in [-0.4, -0.2) is 39.7 Å². The maximum atomic E-state index is 13.1. The normalized spacial score (nSPS) is 11.3. The van der Waals surface area contributed by atoms with E-state index < -0.39 is 6.03 Å². The Morgan fingerprint density at radius 3 is 2.14 bits per heavy atom. The van der Waals surface area contributed by atoms with Gasteiger partial charge in [-0.05, 0) is 42.8 Å². The average Bonchev–Trinajstić information content (AvgIpc) is 3.22. The lowest BCUT2D eigenvalue weighted by Gasteiger charge is -2.22. The molecule has 0 fully saturated rings. The highest BCUT2D eigenvalue weighted by Crippen LogP contribution is 2.30. The molecule has 0 saturated heterocycles. The summed E-state index contributed by atoms with van der Waals surface area (Å²) in [5.74, 6) is 0.0686. The fraction of sp³-hybridized carbons (Fsp3) is 0.320. The van der Waals surface area contributed by atoms with Gasteiger partial charge >= 0.3 is 6.03 Å². The third kappa shape index (κ3) is 7.07. The van der Waals surface area contributed by atoms with Crippen LogP contribution in [0.1, 0.15) is 39.8 Å². The summed E-state index contributed by atoms with van der Waals surface area (Å²) in [4.78, 5) is 27.4. The van der Waals surface area contributed by atoms with Gasteiger partial charge < -0.3 is 15.5 Å². The molecule has 0 saturated carbocycles. The molecule has 0 aliphatic carbocycles. The quantitative estimate of drug-likeness (QED) is 0.306. The van der Waals surface area contributed by atoms with E-state index in [1.807, 2.05) is 27.7 Å². The number of carbonyl (C=O) groups excluding carboxylic acids is 2. The number of nitrogens with zero attached hydrogens (tertiary/aromatic N) is 3. The van der Waals surface area contributed by atoms with Gasteiger partial charge in [0.25, 0.3) is 0 Å². The lowest BCUT2D eigenvalue weighted by atomic mass is 9.92. The second kappa shape index (κ2) is 11.7. The van der Waals surface area contributed by atoms with Crippen molar-refractivity contribution in [2.24, 2.45) is 0 Å². The molecule has 1 heterocycles. The summed E-state index contributed by atoms with van der Waals surface area (Å²) in [5, 5.41) is 11.8. The molecule has 0 atom stereocenters. The standard InChI is InChI=1S/C25H27Cl4N5O2/c1-5-10-33(24(36)30-15-6-8-17(26)19(28)11-15)14-23(35)31-22-13-21(25(2,3)4)32-34(22)16-7-9-18(27)20(29)12-16/h6-9,11-13H,5,10,14H2,1-4H3,(H,30,36)(H,31,35). The van der Waals surface area contributed by atoms with Crippen LogP contribution in [0.3, 0.4) is 0 Å². The fourth-order valence-corrected chi connectivity index (χ4v) is 3.90. The van der Waals surface area contributed by atoms with Gasteiger partial charge in [-0.25, -0.2) is 9.48 Å². The van der Waals surface area contributed by atoms with Crippen LogP contribution in [0.2, 0.25) is 20.1 Å². The van der Waals surface area contributed by atoms with Crippen molar-refractivity contribution in [3.8, 4) is 5.69 Å². The van der Waals surface area contributed by atoms with Gasteiger partial charge in [0.2, 0.25) is 5.91 Å². The van der Waals surface area contributed by atoms with Gasteiger partial charge in [0.15, 0.2) is 0 Å². The molecule has 3 aromatic rings. The first kappa shape index (κ1) is 28.1. The molecule has 1 aromatic heterocycles. The largest absolute Gasteiger partial charge is 0.322 e. The first-order valence-electron chi connectivity index (χ1n) is 11.3. The van der Waals surface area contributed by atoms with Gasteiger partial charge in [0.1, 0.15) is 12.4 Å². The zero-order chi connectivity index (χ0) is 26.6. The predicted octanol–water partition coefficient (Wildman–Crippen LogP) is 7.67. The molecule has 3 rings (SSSR count). The van der Waals surface area contributed by atoms with E-state index >= 15 is 0 Å². The van der Waals surface area contributed by atoms with Crippen LogP contribution < -0.4 is 10.6 Å². The third-order valence-corrected chi connectivity index (χ3v) is 6.66. The van der Waals surface area contributed by atoms with E-state index in [2.05, 4.69) is 15.7 Å². The number of halogens is 4. The summed E-state index contributed by atoms with van der Waals surface area (Å²) in [6.07, 6.45) is 0.664. The Bertz CT molecular complexity index is 1270. The van der Waals surface area contributed by atoms with Crippen LogP contribution in [0, 0.1) is 0 Å². The molecule has 11 heteroatoms. The summed E-state index contributed by atoms with van der Waals surface area (Å²) < 4.78 is 1.60. The Morgan fingerprint density at radius 2 is 1.56 bits per heavy atom. The van der Waals surface area contributed by atoms with Crippen LogP contribution in [-0.2, 0) is 10.2 Å². The van der Waals surface area contributed by atoms with Gasteiger partial charge in [-0.1, -0.05) is 74.1 Å². The van der Waals surface area contributed by atoms with E-state index in [0.29, 0.717) is 50.2 Å². The van der Waals surface area contributed by atoms with Gasteiger partial charge in [-0.2, -0.15) is 5.10 Å². The second-order valence-electron chi connectivity index (χ2n) is 9.20. The first-order chi connectivity index (χ1) is 16.9. The molecule has 0 spiro atoms. The van der Waals surface area contributed by atoms with Crippen LogP contribution in [0.15, 0.2) is 42.5 Å². The summed E-state index contributed by atoms with van der Waals surface area (Å²) in [7, 11) is 0. The third-order valence-electron chi connectivity index (χ3n) is 5.18. The van der Waals surface area contributed by atoms with Gasteiger partial charge in [-0.15, -0.1) is 0 Å². The number of benzene rings is 2. The molecule has 0 aliphatic rings. The molecule has 192 valence electrons. The smallest absolute Gasteiger partial charge is 0.315 e. The lowest BCUT2D eigenvalue weighted by molar-refractivity contribution is -0.116. The Labute approximate surface area is 230 Å². The topological polar surface area (TPSA) is 79.3 Å². The van der Waals surface area contributed by atoms with E-state index in [0.717, 1.165) is 5.69 Å². The molecule has 7 nitrogen and oxygen atoms in total. The molecule has 0 unspecified atom stereocenters. The van der Waals surface area contributed by atoms with Crippen molar-refractivity contribution in [3.05, 3.63) is 68.2 Å². The monoisotopic (exact) mass is 569 g/mol. The van der Waals surface area contributed by atoms with Crippen molar-refractivity contribution in [3.63, 3.8) is 0 Å². The number of amides is 3. The SMILES string of the molecule is CCCN(CC(=O)Nc1cc(C(C)(C)C)nn1-c1ccc(Cl)c(Cl)c1)C(=O)Nc1ccc(Cl)c(Cl)c1. The summed E-state index contributed by atoms with van der Waals surface area (Å²) in [6.45, 7) is 8.20. The van der Waals surface area contributed by atoms with Crippen LogP contribution in [0.5, 0.6) is 0 Å². The van der Waals surface area contributed by atoms with Gasteiger partial charge in [0.05, 0.1) is 31.5 Å². The number of nitrogens with one attached hydrogen (secondary N) is 2. The molecular formula is C25H27Cl4N5O2. The highest BCUT2D eigenvalue weighted by molar-refractivity contribution is 6.42. The Hall–Kier alpha value is -2.45. The molecular weight excluding hydrogens is 544 g/mol. The number of hydrogen-bond acceptors (Lipinski definition) is 3. The highest BCUT2D eigenvalue weighted by atomic mass is 35.5. The number of hydrogen-bond donors (Lipinski definition) is 2. The molecule has 0 aliphatic heterocycles. The minimum absolute atomic E-state index is 0.168. The average molecular weight is 571 g/mol. The van der Waals surface area contributed by atoms with Crippen LogP contribution in [0.4, 0.5) is 16.3 Å². The second-order valence-corrected chi connectivity index (χ2v) is 10.8. The number of anilines is 2. The van der Waals surface area contributed by atoms with Crippen molar-refractivity contribution < 1.29 is 9.59 Å². The van der Waals surface area contributed by atoms with Gasteiger partial charge in [-0.3, -0.25) is 4.79 Å². The number of urea groups is 1. The van der Waals surface area contributed by atoms with E-state index in [-0.39, 0.29) is 17.9 Å². The first-order valence-corrected chi connectivity index (χ1v) is 12.8. The van der Waals surface area contributed by atoms with E-state index in [4.69, 9.17) is 46.4 Å². The molecule has 0 radical (unpaired) electrons. The van der Waals surface area contributed by atoms with Crippen LogP contribution >= 0.6 is 46.4 Å². The maximum absolute atomic E-state index is 13.1. The van der Waals surface area contributed by atoms with Crippen molar-refractivity contribution in [1.29, 1.82) is 0 Å². The number of carbonyl (C=O) groups is 2. The predicted molar refractivity (Wildman–Crippen MR) is 148 cm³/mol. The van der Waals surface area contributed by atoms with Crippen molar-refractivity contribution >= 4 is 69.8 Å². The van der Waals surface area contributed by atoms with E-state index in [1.54, 1.807) is 47.1 Å². The fourth-order valence-electron chi connectivity index (χ4n) is 3.30. The van der Waals surface area contributed by atoms with E-state index in [1.165, 1.54) is 4.90 Å². The Balaban J connectivity index is 1.81. The molecule has 36 heavy (non-hydrogen) atoms. The van der Waals surface area contributed by atoms with Crippen molar-refractivity contribution in [1.82, 2.24) is 14.7 Å². The number of aromatic nitrogens is 2. The minimum Gasteiger partial charge on any atom is -0.315 e. The van der Waals surface area contributed by atoms with Gasteiger partial charge in [0, 0.05) is 23.7 Å².